The lowest BCUT2D eigenvalue weighted by molar-refractivity contribution is -0.133. The van der Waals surface area contributed by atoms with Gasteiger partial charge in [-0.05, 0) is 26.2 Å². The van der Waals surface area contributed by atoms with E-state index in [0.29, 0.717) is 6.54 Å². The molecule has 1 aromatic carbocycles. The molecule has 10 heteroatoms. The predicted octanol–water partition coefficient (Wildman–Crippen LogP) is 0.882. The Hall–Kier alpha value is -3.40. The zero-order valence-electron chi connectivity index (χ0n) is 13.7. The van der Waals surface area contributed by atoms with Crippen molar-refractivity contribution in [1.82, 2.24) is 15.0 Å². The second-order valence-corrected chi connectivity index (χ2v) is 5.51. The van der Waals surface area contributed by atoms with Crippen LogP contribution in [0, 0.1) is 5.82 Å². The van der Waals surface area contributed by atoms with Crippen LogP contribution in [-0.2, 0) is 16.1 Å². The number of ether oxygens (including phenoxy) is 2. The molecule has 134 valence electrons. The molecule has 0 radical (unpaired) electrons. The van der Waals surface area contributed by atoms with Crippen LogP contribution in [0.25, 0.3) is 0 Å². The molecule has 2 aromatic rings. The van der Waals surface area contributed by atoms with E-state index < -0.39 is 35.0 Å². The van der Waals surface area contributed by atoms with Gasteiger partial charge in [-0.15, -0.1) is 0 Å². The molecule has 0 aliphatic carbocycles. The van der Waals surface area contributed by atoms with Gasteiger partial charge in [0.1, 0.15) is 0 Å². The summed E-state index contributed by atoms with van der Waals surface area (Å²) < 4.78 is 28.7. The summed E-state index contributed by atoms with van der Waals surface area (Å²) in [5.74, 6) is -5.04. The first kappa shape index (κ1) is 17.4. The van der Waals surface area contributed by atoms with E-state index in [1.54, 1.807) is 19.0 Å². The van der Waals surface area contributed by atoms with Gasteiger partial charge in [-0.25, -0.2) is 14.0 Å². The summed E-state index contributed by atoms with van der Waals surface area (Å²) in [6, 6.07) is 1.98. The van der Waals surface area contributed by atoms with Crippen molar-refractivity contribution in [2.45, 2.75) is 6.54 Å². The second-order valence-electron chi connectivity index (χ2n) is 5.51. The number of esters is 2. The van der Waals surface area contributed by atoms with Gasteiger partial charge < -0.3 is 18.9 Å². The van der Waals surface area contributed by atoms with Crippen LogP contribution in [0.2, 0.25) is 0 Å². The van der Waals surface area contributed by atoms with E-state index in [1.165, 1.54) is 0 Å². The Labute approximate surface area is 146 Å². The number of aromatic nitrogens is 2. The largest absolute Gasteiger partial charge is 0.418 e. The molecule has 0 atom stereocenters. The van der Waals surface area contributed by atoms with Crippen molar-refractivity contribution in [3.63, 3.8) is 0 Å². The fourth-order valence-corrected chi connectivity index (χ4v) is 2.12. The van der Waals surface area contributed by atoms with Crippen molar-refractivity contribution in [3.05, 3.63) is 47.4 Å². The molecule has 0 bridgehead atoms. The van der Waals surface area contributed by atoms with Crippen molar-refractivity contribution in [3.8, 4) is 11.5 Å². The summed E-state index contributed by atoms with van der Waals surface area (Å²) in [5, 5.41) is 3.57. The van der Waals surface area contributed by atoms with E-state index in [4.69, 9.17) is 14.0 Å². The maximum Gasteiger partial charge on any atom is 0.336 e. The molecule has 0 fully saturated rings. The molecular formula is C16H12FN3O6. The third-order valence-electron chi connectivity index (χ3n) is 3.19. The Kier molecular flexibility index (Phi) is 4.59. The lowest BCUT2D eigenvalue weighted by Gasteiger charge is -2.14. The zero-order valence-corrected chi connectivity index (χ0v) is 13.7. The molecule has 1 aromatic heterocycles. The third kappa shape index (κ3) is 3.49. The minimum Gasteiger partial charge on any atom is -0.418 e. The van der Waals surface area contributed by atoms with E-state index in [-0.39, 0.29) is 17.3 Å². The summed E-state index contributed by atoms with van der Waals surface area (Å²) in [4.78, 5) is 41.6. The SMILES string of the molecule is CN(C)Cc1nc(C(=O)c2ccc(F)c3c2OC(=O)/C=C\C(=O)O3)no1. The smallest absolute Gasteiger partial charge is 0.336 e. The van der Waals surface area contributed by atoms with Crippen LogP contribution >= 0.6 is 0 Å². The summed E-state index contributed by atoms with van der Waals surface area (Å²) in [5.41, 5.74) is -0.255. The molecule has 26 heavy (non-hydrogen) atoms. The Balaban J connectivity index is 2.03. The van der Waals surface area contributed by atoms with Gasteiger partial charge in [-0.1, -0.05) is 5.16 Å². The first-order chi connectivity index (χ1) is 12.3. The molecule has 0 unspecified atom stereocenters. The molecule has 9 nitrogen and oxygen atoms in total. The fraction of sp³-hybridized carbons (Fsp3) is 0.188. The van der Waals surface area contributed by atoms with Gasteiger partial charge in [-0.2, -0.15) is 4.98 Å². The molecule has 1 aliphatic rings. The average Bonchev–Trinajstić information content (AvgIpc) is 3.02. The molecule has 0 N–H and O–H groups in total. The maximum atomic E-state index is 14.0. The van der Waals surface area contributed by atoms with Crippen molar-refractivity contribution in [2.24, 2.45) is 0 Å². The second kappa shape index (κ2) is 6.84. The number of hydrogen-bond donors (Lipinski definition) is 0. The van der Waals surface area contributed by atoms with Gasteiger partial charge in [0.2, 0.25) is 23.2 Å². The van der Waals surface area contributed by atoms with Gasteiger partial charge in [0.15, 0.2) is 11.6 Å². The molecular weight excluding hydrogens is 349 g/mol. The molecule has 0 spiro atoms. The van der Waals surface area contributed by atoms with Crippen molar-refractivity contribution in [1.29, 1.82) is 0 Å². The van der Waals surface area contributed by atoms with Crippen molar-refractivity contribution >= 4 is 17.7 Å². The highest BCUT2D eigenvalue weighted by atomic mass is 19.1. The standard InChI is InChI=1S/C16H12FN3O6/c1-20(2)7-10-18-16(19-26-10)13(23)8-3-4-9(17)15-14(8)24-11(21)5-6-12(22)25-15/h3-6H,7H2,1-2H3/b6-5-. The number of nitrogens with zero attached hydrogens (tertiary/aromatic N) is 3. The molecule has 2 heterocycles. The highest BCUT2D eigenvalue weighted by molar-refractivity contribution is 6.10. The molecule has 0 saturated heterocycles. The highest BCUT2D eigenvalue weighted by Gasteiger charge is 2.28. The number of benzene rings is 1. The van der Waals surface area contributed by atoms with E-state index in [1.807, 2.05) is 0 Å². The van der Waals surface area contributed by atoms with Gasteiger partial charge >= 0.3 is 11.9 Å². The number of rotatable bonds is 4. The zero-order chi connectivity index (χ0) is 18.8. The van der Waals surface area contributed by atoms with E-state index in [2.05, 4.69) is 10.1 Å². The van der Waals surface area contributed by atoms with Gasteiger partial charge in [0, 0.05) is 12.2 Å². The topological polar surface area (TPSA) is 112 Å². The van der Waals surface area contributed by atoms with Crippen LogP contribution in [0.15, 0.2) is 28.8 Å². The monoisotopic (exact) mass is 361 g/mol. The predicted molar refractivity (Wildman–Crippen MR) is 81.9 cm³/mol. The molecule has 0 saturated carbocycles. The minimum atomic E-state index is -0.987. The summed E-state index contributed by atoms with van der Waals surface area (Å²) in [6.45, 7) is 0.305. The maximum absolute atomic E-state index is 14.0. The van der Waals surface area contributed by atoms with Crippen LogP contribution in [0.4, 0.5) is 4.39 Å². The third-order valence-corrected chi connectivity index (χ3v) is 3.19. The normalized spacial score (nSPS) is 14.9. The summed E-state index contributed by atoms with van der Waals surface area (Å²) in [6.07, 6.45) is 1.58. The van der Waals surface area contributed by atoms with Crippen LogP contribution in [0.1, 0.15) is 22.1 Å². The van der Waals surface area contributed by atoms with Crippen molar-refractivity contribution < 1.29 is 32.8 Å². The molecule has 3 rings (SSSR count). The Morgan fingerprint density at radius 1 is 1.12 bits per heavy atom. The van der Waals surface area contributed by atoms with Crippen LogP contribution < -0.4 is 9.47 Å². The lowest BCUT2D eigenvalue weighted by Crippen LogP contribution is -2.17. The van der Waals surface area contributed by atoms with Gasteiger partial charge in [-0.3, -0.25) is 4.79 Å². The average molecular weight is 361 g/mol. The molecule has 0 amide bonds. The van der Waals surface area contributed by atoms with Crippen LogP contribution in [-0.4, -0.2) is 46.9 Å². The van der Waals surface area contributed by atoms with Crippen LogP contribution in [0.5, 0.6) is 11.5 Å². The minimum absolute atomic E-state index is 0.190. The van der Waals surface area contributed by atoms with Gasteiger partial charge in [0.25, 0.3) is 0 Å². The number of fused-ring (bicyclic) bond motifs is 1. The van der Waals surface area contributed by atoms with E-state index >= 15 is 0 Å². The summed E-state index contributed by atoms with van der Waals surface area (Å²) >= 11 is 0. The fourth-order valence-electron chi connectivity index (χ4n) is 2.12. The highest BCUT2D eigenvalue weighted by Crippen LogP contribution is 2.36. The molecule has 1 aliphatic heterocycles. The first-order valence-corrected chi connectivity index (χ1v) is 7.31. The Morgan fingerprint density at radius 2 is 1.77 bits per heavy atom. The number of carbonyl (C=O) groups is 3. The van der Waals surface area contributed by atoms with Gasteiger partial charge in [0.05, 0.1) is 12.1 Å². The van der Waals surface area contributed by atoms with E-state index in [9.17, 15) is 18.8 Å². The lowest BCUT2D eigenvalue weighted by atomic mass is 10.1. The van der Waals surface area contributed by atoms with E-state index in [0.717, 1.165) is 24.3 Å². The first-order valence-electron chi connectivity index (χ1n) is 7.31. The summed E-state index contributed by atoms with van der Waals surface area (Å²) in [7, 11) is 3.55. The van der Waals surface area contributed by atoms with Crippen molar-refractivity contribution in [2.75, 3.05) is 14.1 Å². The number of ketones is 1. The number of hydrogen-bond acceptors (Lipinski definition) is 9. The Bertz CT molecular complexity index is 934. The quantitative estimate of drug-likeness (QED) is 0.445. The van der Waals surface area contributed by atoms with Crippen LogP contribution in [0.3, 0.4) is 0 Å². The number of halogens is 1. The number of carbonyl (C=O) groups excluding carboxylic acids is 3. The Morgan fingerprint density at radius 3 is 2.42 bits per heavy atom.